The maximum Gasteiger partial charge on any atom is 0.127 e. The molecule has 4 nitrogen and oxygen atoms in total. The van der Waals surface area contributed by atoms with Crippen molar-refractivity contribution in [3.8, 4) is 23.1 Å². The predicted molar refractivity (Wildman–Crippen MR) is 74.4 cm³/mol. The first kappa shape index (κ1) is 11.5. The van der Waals surface area contributed by atoms with Gasteiger partial charge in [-0.25, -0.2) is 4.98 Å². The SMILES string of the molecule is N#CC1(c2ncc(-c3ccc4c(c3)CCO4)[nH]2)CCC1. The number of benzene rings is 1. The van der Waals surface area contributed by atoms with Crippen molar-refractivity contribution >= 4 is 0 Å². The average Bonchev–Trinajstić information content (AvgIpc) is 3.06. The second-order valence-corrected chi connectivity index (χ2v) is 5.61. The summed E-state index contributed by atoms with van der Waals surface area (Å²) in [7, 11) is 0. The van der Waals surface area contributed by atoms with Crippen molar-refractivity contribution < 1.29 is 4.74 Å². The minimum Gasteiger partial charge on any atom is -0.493 e. The van der Waals surface area contributed by atoms with E-state index < -0.39 is 0 Å². The van der Waals surface area contributed by atoms with Crippen molar-refractivity contribution in [1.82, 2.24) is 9.97 Å². The molecule has 0 atom stereocenters. The zero-order chi connectivity index (χ0) is 13.6. The quantitative estimate of drug-likeness (QED) is 0.908. The lowest BCUT2D eigenvalue weighted by Crippen LogP contribution is -2.33. The molecule has 20 heavy (non-hydrogen) atoms. The number of ether oxygens (including phenoxy) is 1. The molecule has 1 aromatic heterocycles. The van der Waals surface area contributed by atoms with E-state index in [1.807, 2.05) is 18.3 Å². The Morgan fingerprint density at radius 1 is 1.35 bits per heavy atom. The van der Waals surface area contributed by atoms with E-state index in [1.165, 1.54) is 5.56 Å². The topological polar surface area (TPSA) is 61.7 Å². The van der Waals surface area contributed by atoms with E-state index in [4.69, 9.17) is 4.74 Å². The van der Waals surface area contributed by atoms with Crippen molar-refractivity contribution in [2.24, 2.45) is 0 Å². The fourth-order valence-corrected chi connectivity index (χ4v) is 3.00. The van der Waals surface area contributed by atoms with Crippen LogP contribution in [-0.4, -0.2) is 16.6 Å². The lowest BCUT2D eigenvalue weighted by molar-refractivity contribution is 0.309. The van der Waals surface area contributed by atoms with Gasteiger partial charge in [-0.05, 0) is 43.0 Å². The molecule has 0 radical (unpaired) electrons. The van der Waals surface area contributed by atoms with E-state index in [0.717, 1.165) is 55.1 Å². The van der Waals surface area contributed by atoms with Gasteiger partial charge >= 0.3 is 0 Å². The fraction of sp³-hybridized carbons (Fsp3) is 0.375. The van der Waals surface area contributed by atoms with Crippen molar-refractivity contribution in [3.63, 3.8) is 0 Å². The van der Waals surface area contributed by atoms with Gasteiger partial charge in [0.2, 0.25) is 0 Å². The summed E-state index contributed by atoms with van der Waals surface area (Å²) in [5, 5.41) is 9.37. The van der Waals surface area contributed by atoms with Crippen LogP contribution in [0.3, 0.4) is 0 Å². The van der Waals surface area contributed by atoms with Crippen LogP contribution in [0.4, 0.5) is 0 Å². The van der Waals surface area contributed by atoms with Crippen LogP contribution < -0.4 is 4.74 Å². The van der Waals surface area contributed by atoms with E-state index >= 15 is 0 Å². The van der Waals surface area contributed by atoms with Crippen LogP contribution in [0.1, 0.15) is 30.7 Å². The second kappa shape index (κ2) is 4.11. The number of nitriles is 1. The third-order valence-corrected chi connectivity index (χ3v) is 4.45. The zero-order valence-corrected chi connectivity index (χ0v) is 11.1. The van der Waals surface area contributed by atoms with Crippen molar-refractivity contribution in [2.75, 3.05) is 6.61 Å². The molecule has 0 saturated heterocycles. The first-order valence-electron chi connectivity index (χ1n) is 7.04. The smallest absolute Gasteiger partial charge is 0.127 e. The van der Waals surface area contributed by atoms with Crippen LogP contribution in [0.5, 0.6) is 5.75 Å². The van der Waals surface area contributed by atoms with Crippen molar-refractivity contribution in [3.05, 3.63) is 35.8 Å². The Morgan fingerprint density at radius 3 is 3.00 bits per heavy atom. The first-order chi connectivity index (χ1) is 9.81. The highest BCUT2D eigenvalue weighted by Gasteiger charge is 2.41. The van der Waals surface area contributed by atoms with Gasteiger partial charge in [0.15, 0.2) is 0 Å². The summed E-state index contributed by atoms with van der Waals surface area (Å²) in [5.74, 6) is 1.80. The van der Waals surface area contributed by atoms with Crippen LogP contribution in [0.2, 0.25) is 0 Å². The average molecular weight is 265 g/mol. The van der Waals surface area contributed by atoms with Gasteiger partial charge in [-0.3, -0.25) is 0 Å². The molecule has 4 heteroatoms. The lowest BCUT2D eigenvalue weighted by Gasteiger charge is -2.32. The highest BCUT2D eigenvalue weighted by atomic mass is 16.5. The fourth-order valence-electron chi connectivity index (χ4n) is 3.00. The highest BCUT2D eigenvalue weighted by molar-refractivity contribution is 5.62. The molecular formula is C16H15N3O. The summed E-state index contributed by atoms with van der Waals surface area (Å²) in [4.78, 5) is 7.78. The predicted octanol–water partition coefficient (Wildman–Crippen LogP) is 2.96. The standard InChI is InChI=1S/C16H15N3O/c17-10-16(5-1-6-16)15-18-9-13(19-15)11-2-3-14-12(8-11)4-7-20-14/h2-3,8-9H,1,4-7H2,(H,18,19). The lowest BCUT2D eigenvalue weighted by atomic mass is 9.69. The molecule has 1 saturated carbocycles. The Labute approximate surface area is 117 Å². The molecule has 2 heterocycles. The molecule has 100 valence electrons. The van der Waals surface area contributed by atoms with Gasteiger partial charge < -0.3 is 9.72 Å². The Hall–Kier alpha value is -2.28. The molecule has 1 aliphatic carbocycles. The van der Waals surface area contributed by atoms with Gasteiger partial charge in [0.05, 0.1) is 24.6 Å². The minimum absolute atomic E-state index is 0.377. The van der Waals surface area contributed by atoms with Crippen LogP contribution in [-0.2, 0) is 11.8 Å². The Bertz CT molecular complexity index is 707. The van der Waals surface area contributed by atoms with Gasteiger partial charge in [0.1, 0.15) is 17.0 Å². The Morgan fingerprint density at radius 2 is 2.25 bits per heavy atom. The number of H-pyrrole nitrogens is 1. The largest absolute Gasteiger partial charge is 0.493 e. The van der Waals surface area contributed by atoms with Crippen LogP contribution >= 0.6 is 0 Å². The number of nitrogens with zero attached hydrogens (tertiary/aromatic N) is 2. The molecule has 1 aliphatic heterocycles. The molecule has 0 amide bonds. The summed E-state index contributed by atoms with van der Waals surface area (Å²) in [6, 6.07) is 8.63. The van der Waals surface area contributed by atoms with E-state index in [2.05, 4.69) is 22.1 Å². The summed E-state index contributed by atoms with van der Waals surface area (Å²) in [6.45, 7) is 0.768. The van der Waals surface area contributed by atoms with Gasteiger partial charge in [-0.2, -0.15) is 5.26 Å². The number of fused-ring (bicyclic) bond motifs is 1. The Kier molecular flexibility index (Phi) is 2.37. The zero-order valence-electron chi connectivity index (χ0n) is 11.1. The number of imidazole rings is 1. The highest BCUT2D eigenvalue weighted by Crippen LogP contribution is 2.42. The molecule has 4 rings (SSSR count). The molecule has 0 unspecified atom stereocenters. The summed E-state index contributed by atoms with van der Waals surface area (Å²) < 4.78 is 5.52. The maximum absolute atomic E-state index is 9.37. The molecule has 0 spiro atoms. The molecule has 2 aromatic rings. The minimum atomic E-state index is -0.377. The number of hydrogen-bond acceptors (Lipinski definition) is 3. The number of nitrogens with one attached hydrogen (secondary N) is 1. The third-order valence-electron chi connectivity index (χ3n) is 4.45. The van der Waals surface area contributed by atoms with E-state index in [0.29, 0.717) is 0 Å². The molecule has 1 fully saturated rings. The molecule has 1 aromatic carbocycles. The van der Waals surface area contributed by atoms with Gasteiger partial charge in [0, 0.05) is 12.0 Å². The van der Waals surface area contributed by atoms with E-state index in [9.17, 15) is 5.26 Å². The molecular weight excluding hydrogens is 250 g/mol. The summed E-state index contributed by atoms with van der Waals surface area (Å²) in [6.07, 6.45) is 5.74. The normalized spacial score (nSPS) is 18.8. The van der Waals surface area contributed by atoms with Crippen molar-refractivity contribution in [2.45, 2.75) is 31.1 Å². The maximum atomic E-state index is 9.37. The molecule has 0 bridgehead atoms. The second-order valence-electron chi connectivity index (χ2n) is 5.61. The number of aromatic amines is 1. The van der Waals surface area contributed by atoms with Crippen LogP contribution in [0.25, 0.3) is 11.3 Å². The van der Waals surface area contributed by atoms with Crippen LogP contribution in [0.15, 0.2) is 24.4 Å². The van der Waals surface area contributed by atoms with Crippen LogP contribution in [0, 0.1) is 11.3 Å². The first-order valence-corrected chi connectivity index (χ1v) is 7.04. The summed E-state index contributed by atoms with van der Waals surface area (Å²) in [5.41, 5.74) is 2.96. The van der Waals surface area contributed by atoms with E-state index in [1.54, 1.807) is 0 Å². The Balaban J connectivity index is 1.70. The van der Waals surface area contributed by atoms with Gasteiger partial charge in [0.25, 0.3) is 0 Å². The summed E-state index contributed by atoms with van der Waals surface area (Å²) >= 11 is 0. The van der Waals surface area contributed by atoms with Crippen molar-refractivity contribution in [1.29, 1.82) is 5.26 Å². The molecule has 1 N–H and O–H groups in total. The number of aromatic nitrogens is 2. The number of hydrogen-bond donors (Lipinski definition) is 1. The van der Waals surface area contributed by atoms with E-state index in [-0.39, 0.29) is 5.41 Å². The molecule has 2 aliphatic rings. The van der Waals surface area contributed by atoms with Gasteiger partial charge in [-0.15, -0.1) is 0 Å². The number of rotatable bonds is 2. The monoisotopic (exact) mass is 265 g/mol. The van der Waals surface area contributed by atoms with Gasteiger partial charge in [-0.1, -0.05) is 0 Å². The third kappa shape index (κ3) is 1.56.